The molecular formula is C19H18BrN3OS. The number of aromatic nitrogens is 3. The molecule has 0 unspecified atom stereocenters. The van der Waals surface area contributed by atoms with Crippen LogP contribution in [0.1, 0.15) is 5.56 Å². The zero-order valence-corrected chi connectivity index (χ0v) is 16.3. The van der Waals surface area contributed by atoms with E-state index in [-0.39, 0.29) is 0 Å². The zero-order chi connectivity index (χ0) is 17.6. The molecule has 4 nitrogen and oxygen atoms in total. The first-order valence-corrected chi connectivity index (χ1v) is 9.55. The van der Waals surface area contributed by atoms with E-state index in [0.29, 0.717) is 6.54 Å². The van der Waals surface area contributed by atoms with Crippen molar-refractivity contribution in [2.75, 3.05) is 7.11 Å². The van der Waals surface area contributed by atoms with E-state index >= 15 is 0 Å². The second-order valence-corrected chi connectivity index (χ2v) is 7.21. The van der Waals surface area contributed by atoms with Gasteiger partial charge in [-0.05, 0) is 29.8 Å². The van der Waals surface area contributed by atoms with Gasteiger partial charge >= 0.3 is 0 Å². The summed E-state index contributed by atoms with van der Waals surface area (Å²) in [5.74, 6) is 2.51. The van der Waals surface area contributed by atoms with Gasteiger partial charge in [0.05, 0.1) is 7.11 Å². The number of benzene rings is 2. The van der Waals surface area contributed by atoms with E-state index in [9.17, 15) is 0 Å². The Morgan fingerprint density at radius 1 is 1.20 bits per heavy atom. The van der Waals surface area contributed by atoms with E-state index < -0.39 is 0 Å². The molecule has 0 aliphatic heterocycles. The van der Waals surface area contributed by atoms with E-state index in [4.69, 9.17) is 4.74 Å². The maximum Gasteiger partial charge on any atom is 0.192 e. The van der Waals surface area contributed by atoms with Crippen LogP contribution in [0.2, 0.25) is 0 Å². The summed E-state index contributed by atoms with van der Waals surface area (Å²) >= 11 is 5.12. The molecular weight excluding hydrogens is 398 g/mol. The number of methoxy groups -OCH3 is 1. The zero-order valence-electron chi connectivity index (χ0n) is 13.9. The van der Waals surface area contributed by atoms with Crippen LogP contribution in [-0.2, 0) is 12.3 Å². The summed E-state index contributed by atoms with van der Waals surface area (Å²) in [5.41, 5.74) is 2.22. The Bertz CT molecular complexity index is 861. The Labute approximate surface area is 160 Å². The monoisotopic (exact) mass is 415 g/mol. The van der Waals surface area contributed by atoms with Gasteiger partial charge in [0.1, 0.15) is 5.75 Å². The third kappa shape index (κ3) is 4.32. The molecule has 0 bridgehead atoms. The second-order valence-electron chi connectivity index (χ2n) is 5.35. The molecule has 2 aromatic carbocycles. The Morgan fingerprint density at radius 2 is 2.00 bits per heavy atom. The number of nitrogens with zero attached hydrogens (tertiary/aromatic N) is 3. The van der Waals surface area contributed by atoms with Crippen molar-refractivity contribution >= 4 is 27.7 Å². The van der Waals surface area contributed by atoms with Crippen molar-refractivity contribution < 1.29 is 4.74 Å². The van der Waals surface area contributed by atoms with Crippen LogP contribution in [0.4, 0.5) is 0 Å². The Kier molecular flexibility index (Phi) is 5.94. The molecule has 0 saturated carbocycles. The highest BCUT2D eigenvalue weighted by Gasteiger charge is 2.13. The molecule has 0 saturated heterocycles. The van der Waals surface area contributed by atoms with Gasteiger partial charge in [-0.25, -0.2) is 0 Å². The fourth-order valence-electron chi connectivity index (χ4n) is 2.41. The van der Waals surface area contributed by atoms with Gasteiger partial charge in [-0.3, -0.25) is 4.57 Å². The van der Waals surface area contributed by atoms with E-state index in [1.54, 1.807) is 18.9 Å². The Morgan fingerprint density at radius 3 is 2.72 bits per heavy atom. The number of hydrogen-bond acceptors (Lipinski definition) is 4. The molecule has 0 fully saturated rings. The Hall–Kier alpha value is -2.05. The first-order chi connectivity index (χ1) is 12.2. The molecule has 1 aromatic heterocycles. The molecule has 0 aliphatic rings. The number of halogens is 1. The fraction of sp³-hybridized carbons (Fsp3) is 0.158. The van der Waals surface area contributed by atoms with Crippen LogP contribution in [0.5, 0.6) is 5.75 Å². The summed E-state index contributed by atoms with van der Waals surface area (Å²) in [5, 5.41) is 9.64. The molecule has 25 heavy (non-hydrogen) atoms. The van der Waals surface area contributed by atoms with Gasteiger partial charge in [0.15, 0.2) is 11.0 Å². The predicted molar refractivity (Wildman–Crippen MR) is 106 cm³/mol. The molecule has 0 spiro atoms. The van der Waals surface area contributed by atoms with E-state index in [0.717, 1.165) is 32.5 Å². The van der Waals surface area contributed by atoms with Gasteiger partial charge in [-0.2, -0.15) is 0 Å². The van der Waals surface area contributed by atoms with Crippen molar-refractivity contribution in [3.63, 3.8) is 0 Å². The van der Waals surface area contributed by atoms with E-state index in [1.807, 2.05) is 48.5 Å². The minimum Gasteiger partial charge on any atom is -0.497 e. The van der Waals surface area contributed by atoms with Gasteiger partial charge in [-0.15, -0.1) is 16.8 Å². The van der Waals surface area contributed by atoms with E-state index in [2.05, 4.69) is 43.3 Å². The highest BCUT2D eigenvalue weighted by Crippen LogP contribution is 2.28. The quantitative estimate of drug-likeness (QED) is 0.392. The number of ether oxygens (including phenoxy) is 1. The van der Waals surface area contributed by atoms with E-state index in [1.165, 1.54) is 5.56 Å². The highest BCUT2D eigenvalue weighted by molar-refractivity contribution is 9.10. The van der Waals surface area contributed by atoms with Crippen molar-refractivity contribution in [2.24, 2.45) is 0 Å². The van der Waals surface area contributed by atoms with Crippen LogP contribution >= 0.6 is 27.7 Å². The SMILES string of the molecule is C=CCn1c(SCc2cccc(OC)c2)nnc1-c1ccc(Br)cc1. The first-order valence-electron chi connectivity index (χ1n) is 7.77. The summed E-state index contributed by atoms with van der Waals surface area (Å²) in [6.45, 7) is 4.52. The maximum absolute atomic E-state index is 5.28. The summed E-state index contributed by atoms with van der Waals surface area (Å²) in [6.07, 6.45) is 1.86. The molecule has 0 radical (unpaired) electrons. The summed E-state index contributed by atoms with van der Waals surface area (Å²) in [6, 6.07) is 16.1. The van der Waals surface area contributed by atoms with Gasteiger partial charge in [0, 0.05) is 22.3 Å². The third-order valence-corrected chi connectivity index (χ3v) is 5.20. The molecule has 0 amide bonds. The molecule has 3 rings (SSSR count). The predicted octanol–water partition coefficient (Wildman–Crippen LogP) is 5.19. The van der Waals surface area contributed by atoms with Gasteiger partial charge in [-0.1, -0.05) is 58.0 Å². The topological polar surface area (TPSA) is 39.9 Å². The Balaban J connectivity index is 1.83. The van der Waals surface area contributed by atoms with Crippen LogP contribution in [0.3, 0.4) is 0 Å². The molecule has 1 heterocycles. The molecule has 0 aliphatic carbocycles. The lowest BCUT2D eigenvalue weighted by Gasteiger charge is -2.08. The van der Waals surface area contributed by atoms with Crippen LogP contribution in [-0.4, -0.2) is 21.9 Å². The number of hydrogen-bond donors (Lipinski definition) is 0. The molecule has 0 atom stereocenters. The average Bonchev–Trinajstić information content (AvgIpc) is 3.04. The number of thioether (sulfide) groups is 1. The van der Waals surface area contributed by atoms with Crippen molar-refractivity contribution in [3.05, 3.63) is 71.2 Å². The van der Waals surface area contributed by atoms with Crippen molar-refractivity contribution in [1.29, 1.82) is 0 Å². The maximum atomic E-state index is 5.28. The standard InChI is InChI=1S/C19H18BrN3OS/c1-3-11-23-18(15-7-9-16(20)10-8-15)21-22-19(23)25-13-14-5-4-6-17(12-14)24-2/h3-10,12H,1,11,13H2,2H3. The summed E-state index contributed by atoms with van der Waals surface area (Å²) < 4.78 is 8.41. The van der Waals surface area contributed by atoms with Crippen LogP contribution in [0, 0.1) is 0 Å². The van der Waals surface area contributed by atoms with Crippen molar-refractivity contribution in [2.45, 2.75) is 17.5 Å². The second kappa shape index (κ2) is 8.36. The van der Waals surface area contributed by atoms with Gasteiger partial charge in [0.2, 0.25) is 0 Å². The van der Waals surface area contributed by atoms with Gasteiger partial charge < -0.3 is 4.74 Å². The molecule has 0 N–H and O–H groups in total. The molecule has 128 valence electrons. The third-order valence-electron chi connectivity index (χ3n) is 3.63. The smallest absolute Gasteiger partial charge is 0.192 e. The summed E-state index contributed by atoms with van der Waals surface area (Å²) in [7, 11) is 1.68. The minimum absolute atomic E-state index is 0.666. The first kappa shape index (κ1) is 17.8. The van der Waals surface area contributed by atoms with Crippen molar-refractivity contribution in [1.82, 2.24) is 14.8 Å². The van der Waals surface area contributed by atoms with Crippen LogP contribution in [0.25, 0.3) is 11.4 Å². The van der Waals surface area contributed by atoms with Crippen LogP contribution in [0.15, 0.2) is 70.8 Å². The number of allylic oxidation sites excluding steroid dienone is 1. The summed E-state index contributed by atoms with van der Waals surface area (Å²) in [4.78, 5) is 0. The van der Waals surface area contributed by atoms with Gasteiger partial charge in [0.25, 0.3) is 0 Å². The average molecular weight is 416 g/mol. The van der Waals surface area contributed by atoms with Crippen LogP contribution < -0.4 is 4.74 Å². The number of rotatable bonds is 7. The fourth-order valence-corrected chi connectivity index (χ4v) is 3.57. The molecule has 3 aromatic rings. The lowest BCUT2D eigenvalue weighted by atomic mass is 10.2. The lowest BCUT2D eigenvalue weighted by Crippen LogP contribution is -2.00. The molecule has 6 heteroatoms. The highest BCUT2D eigenvalue weighted by atomic mass is 79.9. The normalized spacial score (nSPS) is 10.6. The largest absolute Gasteiger partial charge is 0.497 e. The van der Waals surface area contributed by atoms with Crippen molar-refractivity contribution in [3.8, 4) is 17.1 Å². The lowest BCUT2D eigenvalue weighted by molar-refractivity contribution is 0.414. The minimum atomic E-state index is 0.666.